The molecule has 0 radical (unpaired) electrons. The van der Waals surface area contributed by atoms with E-state index < -0.39 is 16.1 Å². The van der Waals surface area contributed by atoms with Crippen LogP contribution in [-0.2, 0) is 28.6 Å². The lowest BCUT2D eigenvalue weighted by Crippen LogP contribution is -2.51. The molecule has 1 aromatic heterocycles. The maximum Gasteiger partial charge on any atom is 0.154 e. The van der Waals surface area contributed by atoms with Crippen molar-refractivity contribution in [2.75, 3.05) is 5.75 Å². The van der Waals surface area contributed by atoms with Crippen LogP contribution >= 0.6 is 0 Å². The number of sulfone groups is 1. The summed E-state index contributed by atoms with van der Waals surface area (Å²) < 4.78 is 26.7. The summed E-state index contributed by atoms with van der Waals surface area (Å²) >= 11 is 0. The van der Waals surface area contributed by atoms with Crippen LogP contribution in [0.1, 0.15) is 68.8 Å². The normalized spacial score (nSPS) is 31.5. The predicted molar refractivity (Wildman–Crippen MR) is 120 cm³/mol. The monoisotopic (exact) mass is 443 g/mol. The highest BCUT2D eigenvalue weighted by molar-refractivity contribution is 7.90. The Balaban J connectivity index is 1.48. The highest BCUT2D eigenvalue weighted by Gasteiger charge is 2.59. The van der Waals surface area contributed by atoms with Crippen LogP contribution in [0.15, 0.2) is 30.3 Å². The molecule has 2 saturated carbocycles. The van der Waals surface area contributed by atoms with Gasteiger partial charge in [-0.25, -0.2) is 8.42 Å². The van der Waals surface area contributed by atoms with Crippen molar-refractivity contribution in [3.8, 4) is 0 Å². The molecule has 0 amide bonds. The first-order valence-corrected chi connectivity index (χ1v) is 13.2. The first kappa shape index (κ1) is 21.2. The van der Waals surface area contributed by atoms with Crippen LogP contribution in [0.25, 0.3) is 0 Å². The molecule has 1 aromatic carbocycles. The number of hydrogen-bond acceptors (Lipinski definition) is 5. The Morgan fingerprint density at radius 1 is 1.26 bits per heavy atom. The Hall–Kier alpha value is -1.70. The molecule has 168 valence electrons. The lowest BCUT2D eigenvalue weighted by molar-refractivity contribution is 0.0346. The Bertz CT molecular complexity index is 1090. The molecule has 0 spiro atoms. The zero-order chi connectivity index (χ0) is 22.0. The van der Waals surface area contributed by atoms with E-state index in [1.807, 2.05) is 35.0 Å². The molecular formula is C24H33N3O3S. The first-order valence-electron chi connectivity index (χ1n) is 11.4. The van der Waals surface area contributed by atoms with Crippen molar-refractivity contribution in [2.45, 2.75) is 71.0 Å². The molecule has 3 aliphatic rings. The molecule has 31 heavy (non-hydrogen) atoms. The summed E-state index contributed by atoms with van der Waals surface area (Å²) in [7, 11) is -3.17. The summed E-state index contributed by atoms with van der Waals surface area (Å²) in [6, 6.07) is 10.2. The van der Waals surface area contributed by atoms with Crippen LogP contribution in [0.4, 0.5) is 0 Å². The molecule has 1 aliphatic heterocycles. The van der Waals surface area contributed by atoms with Gasteiger partial charge < -0.3 is 5.11 Å². The molecule has 2 fully saturated rings. The second-order valence-corrected chi connectivity index (χ2v) is 12.9. The van der Waals surface area contributed by atoms with Gasteiger partial charge in [-0.2, -0.15) is 5.10 Å². The maximum atomic E-state index is 12.4. The number of benzene rings is 1. The van der Waals surface area contributed by atoms with E-state index in [0.29, 0.717) is 30.1 Å². The number of aliphatic hydroxyl groups excluding tert-OH is 1. The van der Waals surface area contributed by atoms with Crippen molar-refractivity contribution in [3.63, 3.8) is 0 Å². The second kappa shape index (κ2) is 7.15. The Morgan fingerprint density at radius 2 is 2.00 bits per heavy atom. The van der Waals surface area contributed by atoms with E-state index in [1.165, 1.54) is 19.3 Å². The summed E-state index contributed by atoms with van der Waals surface area (Å²) in [5.74, 6) is 0.755. The van der Waals surface area contributed by atoms with Gasteiger partial charge in [0, 0.05) is 23.7 Å². The number of fused-ring (bicyclic) bond motifs is 3. The first-order chi connectivity index (χ1) is 14.6. The van der Waals surface area contributed by atoms with E-state index in [1.54, 1.807) is 0 Å². The van der Waals surface area contributed by atoms with E-state index in [2.05, 4.69) is 26.1 Å². The van der Waals surface area contributed by atoms with Gasteiger partial charge >= 0.3 is 0 Å². The van der Waals surface area contributed by atoms with Crippen LogP contribution in [-0.4, -0.2) is 35.1 Å². The minimum atomic E-state index is -3.17. The SMILES string of the molecule is CC12CCC(C1)C(C)(C)C2NC(O)c1nn(Cc2ccccc2)c2c1CS(=O)(=O)CC2. The van der Waals surface area contributed by atoms with Crippen LogP contribution in [0, 0.1) is 16.7 Å². The summed E-state index contributed by atoms with van der Waals surface area (Å²) in [5.41, 5.74) is 3.47. The number of nitrogens with zero attached hydrogens (tertiary/aromatic N) is 2. The Kier molecular flexibility index (Phi) is 4.88. The molecule has 7 heteroatoms. The molecule has 6 nitrogen and oxygen atoms in total. The van der Waals surface area contributed by atoms with Crippen LogP contribution in [0.3, 0.4) is 0 Å². The van der Waals surface area contributed by atoms with Gasteiger partial charge in [0.15, 0.2) is 16.1 Å². The fourth-order valence-electron chi connectivity index (χ4n) is 6.60. The van der Waals surface area contributed by atoms with Crippen molar-refractivity contribution in [3.05, 3.63) is 52.8 Å². The molecule has 4 atom stereocenters. The van der Waals surface area contributed by atoms with Crippen LogP contribution in [0.2, 0.25) is 0 Å². The van der Waals surface area contributed by atoms with Gasteiger partial charge in [0.2, 0.25) is 0 Å². The van der Waals surface area contributed by atoms with Gasteiger partial charge in [-0.15, -0.1) is 0 Å². The average Bonchev–Trinajstić information content (AvgIpc) is 3.32. The lowest BCUT2D eigenvalue weighted by atomic mass is 9.68. The molecule has 2 aromatic rings. The maximum absolute atomic E-state index is 12.4. The summed E-state index contributed by atoms with van der Waals surface area (Å²) in [6.45, 7) is 7.48. The second-order valence-electron chi connectivity index (χ2n) is 10.7. The highest BCUT2D eigenvalue weighted by atomic mass is 32.2. The summed E-state index contributed by atoms with van der Waals surface area (Å²) in [6.07, 6.45) is 3.06. The quantitative estimate of drug-likeness (QED) is 0.694. The minimum Gasteiger partial charge on any atom is -0.373 e. The van der Waals surface area contributed by atoms with E-state index >= 15 is 0 Å². The van der Waals surface area contributed by atoms with E-state index in [-0.39, 0.29) is 28.4 Å². The van der Waals surface area contributed by atoms with E-state index in [9.17, 15) is 13.5 Å². The van der Waals surface area contributed by atoms with Crippen molar-refractivity contribution in [2.24, 2.45) is 16.7 Å². The van der Waals surface area contributed by atoms with E-state index in [4.69, 9.17) is 5.10 Å². The van der Waals surface area contributed by atoms with Gasteiger partial charge in [-0.3, -0.25) is 10.00 Å². The standard InChI is InChI=1S/C24H33N3O3S/c1-23(2)17-9-11-24(3,13-17)22(23)25-21(28)20-18-15-31(29,30)12-10-19(18)27(26-20)14-16-7-5-4-6-8-16/h4-8,17,21-22,25,28H,9-15H2,1-3H3. The van der Waals surface area contributed by atoms with Gasteiger partial charge in [-0.05, 0) is 41.6 Å². The fraction of sp³-hybridized carbons (Fsp3) is 0.625. The third kappa shape index (κ3) is 3.55. The molecule has 2 bridgehead atoms. The molecule has 2 heterocycles. The Morgan fingerprint density at radius 3 is 2.68 bits per heavy atom. The molecule has 4 unspecified atom stereocenters. The molecular weight excluding hydrogens is 410 g/mol. The number of aliphatic hydroxyl groups is 1. The third-order valence-electron chi connectivity index (χ3n) is 8.24. The number of nitrogens with one attached hydrogen (secondary N) is 1. The predicted octanol–water partition coefficient (Wildman–Crippen LogP) is 3.20. The van der Waals surface area contributed by atoms with Gasteiger partial charge in [0.05, 0.1) is 18.1 Å². The molecule has 2 aliphatic carbocycles. The molecule has 2 N–H and O–H groups in total. The highest BCUT2D eigenvalue weighted by Crippen LogP contribution is 2.62. The topological polar surface area (TPSA) is 84.2 Å². The Labute approximate surface area is 185 Å². The van der Waals surface area contributed by atoms with Crippen molar-refractivity contribution in [1.29, 1.82) is 0 Å². The average molecular weight is 444 g/mol. The minimum absolute atomic E-state index is 0.0425. The molecule has 5 rings (SSSR count). The van der Waals surface area contributed by atoms with Gasteiger partial charge in [0.1, 0.15) is 5.69 Å². The zero-order valence-electron chi connectivity index (χ0n) is 18.6. The van der Waals surface area contributed by atoms with Crippen molar-refractivity contribution < 1.29 is 13.5 Å². The lowest BCUT2D eigenvalue weighted by Gasteiger charge is -2.44. The fourth-order valence-corrected chi connectivity index (χ4v) is 8.00. The van der Waals surface area contributed by atoms with E-state index in [0.717, 1.165) is 11.3 Å². The summed E-state index contributed by atoms with van der Waals surface area (Å²) in [4.78, 5) is 0. The number of aromatic nitrogens is 2. The van der Waals surface area contributed by atoms with Crippen molar-refractivity contribution in [1.82, 2.24) is 15.1 Å². The number of rotatable bonds is 5. The van der Waals surface area contributed by atoms with Crippen LogP contribution < -0.4 is 5.32 Å². The largest absolute Gasteiger partial charge is 0.373 e. The third-order valence-corrected chi connectivity index (χ3v) is 9.79. The molecule has 0 saturated heterocycles. The van der Waals surface area contributed by atoms with Crippen molar-refractivity contribution >= 4 is 9.84 Å². The number of hydrogen-bond donors (Lipinski definition) is 2. The van der Waals surface area contributed by atoms with Gasteiger partial charge in [-0.1, -0.05) is 51.1 Å². The van der Waals surface area contributed by atoms with Crippen LogP contribution in [0.5, 0.6) is 0 Å². The zero-order valence-corrected chi connectivity index (χ0v) is 19.5. The summed E-state index contributed by atoms with van der Waals surface area (Å²) in [5, 5.41) is 19.5. The smallest absolute Gasteiger partial charge is 0.154 e. The van der Waals surface area contributed by atoms with Gasteiger partial charge in [0.25, 0.3) is 0 Å².